The number of benzene rings is 2. The third kappa shape index (κ3) is 11.0. The molecule has 0 atom stereocenters. The molecule has 1 aliphatic heterocycles. The lowest BCUT2D eigenvalue weighted by Gasteiger charge is -2.32. The van der Waals surface area contributed by atoms with Crippen molar-refractivity contribution in [2.24, 2.45) is 5.92 Å². The Morgan fingerprint density at radius 1 is 0.914 bits per heavy atom. The molecule has 1 aliphatic rings. The van der Waals surface area contributed by atoms with Crippen LogP contribution in [-0.2, 0) is 16.1 Å². The van der Waals surface area contributed by atoms with Crippen LogP contribution in [0.5, 0.6) is 0 Å². The summed E-state index contributed by atoms with van der Waals surface area (Å²) in [6.45, 7) is 3.42. The molecule has 1 heterocycles. The fourth-order valence-electron chi connectivity index (χ4n) is 4.06. The first-order valence-corrected chi connectivity index (χ1v) is 12.0. The number of likely N-dealkylation sites (tertiary alicyclic amines) is 1. The van der Waals surface area contributed by atoms with Crippen LogP contribution in [0.2, 0.25) is 0 Å². The van der Waals surface area contributed by atoms with Gasteiger partial charge in [0, 0.05) is 50.5 Å². The van der Waals surface area contributed by atoms with E-state index >= 15 is 0 Å². The lowest BCUT2D eigenvalue weighted by molar-refractivity contribution is -0.134. The average Bonchev–Trinajstić information content (AvgIpc) is 2.85. The number of anilines is 1. The average molecular weight is 481 g/mol. The minimum Gasteiger partial charge on any atom is -0.478 e. The van der Waals surface area contributed by atoms with E-state index in [4.69, 9.17) is 10.2 Å². The van der Waals surface area contributed by atoms with Crippen LogP contribution in [0.3, 0.4) is 0 Å². The third-order valence-electron chi connectivity index (χ3n) is 6.05. The van der Waals surface area contributed by atoms with E-state index in [2.05, 4.69) is 40.1 Å². The number of carboxylic acids is 2. The van der Waals surface area contributed by atoms with Gasteiger partial charge in [0.05, 0.1) is 0 Å². The Morgan fingerprint density at radius 2 is 1.49 bits per heavy atom. The monoisotopic (exact) mass is 480 g/mol. The van der Waals surface area contributed by atoms with E-state index in [9.17, 15) is 14.4 Å². The van der Waals surface area contributed by atoms with Crippen LogP contribution in [0, 0.1) is 5.92 Å². The molecular formula is C28H36N2O5. The molecule has 7 nitrogen and oxygen atoms in total. The zero-order valence-electron chi connectivity index (χ0n) is 20.6. The number of carboxylic acid groups (broad SMARTS) is 2. The minimum atomic E-state index is -1.26. The summed E-state index contributed by atoms with van der Waals surface area (Å²) in [6, 6.07) is 18.7. The van der Waals surface area contributed by atoms with Crippen molar-refractivity contribution < 1.29 is 24.6 Å². The summed E-state index contributed by atoms with van der Waals surface area (Å²) < 4.78 is 0. The number of carbonyl (C=O) groups excluding carboxylic acids is 1. The van der Waals surface area contributed by atoms with Gasteiger partial charge in [0.15, 0.2) is 5.78 Å². The van der Waals surface area contributed by atoms with Gasteiger partial charge in [0.25, 0.3) is 0 Å². The first-order chi connectivity index (χ1) is 16.7. The molecule has 0 radical (unpaired) electrons. The van der Waals surface area contributed by atoms with Crippen LogP contribution < -0.4 is 4.90 Å². The summed E-state index contributed by atoms with van der Waals surface area (Å²) >= 11 is 0. The first-order valence-electron chi connectivity index (χ1n) is 12.0. The highest BCUT2D eigenvalue weighted by atomic mass is 16.4. The number of piperidine rings is 1. The lowest BCUT2D eigenvalue weighted by Crippen LogP contribution is -2.33. The van der Waals surface area contributed by atoms with Crippen molar-refractivity contribution in [3.8, 4) is 0 Å². The Balaban J connectivity index is 0.000000466. The van der Waals surface area contributed by atoms with Crippen molar-refractivity contribution in [3.63, 3.8) is 0 Å². The number of rotatable bonds is 10. The van der Waals surface area contributed by atoms with Crippen molar-refractivity contribution in [3.05, 3.63) is 77.9 Å². The van der Waals surface area contributed by atoms with E-state index in [1.165, 1.54) is 37.9 Å². The summed E-state index contributed by atoms with van der Waals surface area (Å²) in [7, 11) is 4.03. The minimum absolute atomic E-state index is 0.279. The van der Waals surface area contributed by atoms with Crippen LogP contribution >= 0.6 is 0 Å². The summed E-state index contributed by atoms with van der Waals surface area (Å²) in [4.78, 5) is 36.1. The van der Waals surface area contributed by atoms with Gasteiger partial charge < -0.3 is 15.1 Å². The molecular weight excluding hydrogens is 444 g/mol. The smallest absolute Gasteiger partial charge is 0.328 e. The second-order valence-corrected chi connectivity index (χ2v) is 8.97. The van der Waals surface area contributed by atoms with Crippen molar-refractivity contribution >= 4 is 23.4 Å². The summed E-state index contributed by atoms with van der Waals surface area (Å²) in [6.07, 6.45) is 6.51. The SMILES string of the molecule is CN(C)c1ccc(C(=O)CCCC2CCN(Cc3ccccc3)CC2)cc1.O=C(O)C=CC(=O)O. The highest BCUT2D eigenvalue weighted by molar-refractivity contribution is 5.96. The van der Waals surface area contributed by atoms with E-state index in [0.717, 1.165) is 30.1 Å². The molecule has 188 valence electrons. The van der Waals surface area contributed by atoms with Crippen molar-refractivity contribution in [2.45, 2.75) is 38.6 Å². The van der Waals surface area contributed by atoms with Crippen LogP contribution in [0.4, 0.5) is 5.69 Å². The third-order valence-corrected chi connectivity index (χ3v) is 6.05. The van der Waals surface area contributed by atoms with Crippen LogP contribution in [0.15, 0.2) is 66.7 Å². The van der Waals surface area contributed by atoms with Gasteiger partial charge in [-0.05, 0) is 74.5 Å². The molecule has 0 saturated carbocycles. The predicted molar refractivity (Wildman–Crippen MR) is 138 cm³/mol. The highest BCUT2D eigenvalue weighted by Crippen LogP contribution is 2.24. The number of nitrogens with zero attached hydrogens (tertiary/aromatic N) is 2. The van der Waals surface area contributed by atoms with E-state index in [0.29, 0.717) is 18.6 Å². The fourth-order valence-corrected chi connectivity index (χ4v) is 4.06. The second kappa shape index (κ2) is 14.7. The molecule has 7 heteroatoms. The van der Waals surface area contributed by atoms with Crippen molar-refractivity contribution in [1.29, 1.82) is 0 Å². The molecule has 0 aromatic heterocycles. The van der Waals surface area contributed by atoms with Crippen LogP contribution in [-0.4, -0.2) is 60.0 Å². The van der Waals surface area contributed by atoms with Gasteiger partial charge in [-0.1, -0.05) is 30.3 Å². The van der Waals surface area contributed by atoms with Gasteiger partial charge in [0.2, 0.25) is 0 Å². The van der Waals surface area contributed by atoms with Crippen molar-refractivity contribution in [2.75, 3.05) is 32.1 Å². The van der Waals surface area contributed by atoms with E-state index in [1.54, 1.807) is 0 Å². The quantitative estimate of drug-likeness (QED) is 0.375. The normalized spacial score (nSPS) is 14.2. The fraction of sp³-hybridized carbons (Fsp3) is 0.393. The Labute approximate surface area is 207 Å². The first kappa shape index (κ1) is 27.8. The molecule has 0 bridgehead atoms. The molecule has 35 heavy (non-hydrogen) atoms. The largest absolute Gasteiger partial charge is 0.478 e. The Morgan fingerprint density at radius 3 is 2.00 bits per heavy atom. The second-order valence-electron chi connectivity index (χ2n) is 8.97. The summed E-state index contributed by atoms with van der Waals surface area (Å²) in [5.74, 6) is -1.46. The Kier molecular flexibility index (Phi) is 11.7. The highest BCUT2D eigenvalue weighted by Gasteiger charge is 2.19. The molecule has 0 unspecified atom stereocenters. The lowest BCUT2D eigenvalue weighted by atomic mass is 9.90. The summed E-state index contributed by atoms with van der Waals surface area (Å²) in [5.41, 5.74) is 3.38. The van der Waals surface area contributed by atoms with Gasteiger partial charge in [-0.15, -0.1) is 0 Å². The van der Waals surface area contributed by atoms with Gasteiger partial charge in [-0.2, -0.15) is 0 Å². The molecule has 1 saturated heterocycles. The molecule has 3 rings (SSSR count). The molecule has 2 aromatic rings. The predicted octanol–water partition coefficient (Wildman–Crippen LogP) is 4.73. The molecule has 2 N–H and O–H groups in total. The molecule has 0 spiro atoms. The van der Waals surface area contributed by atoms with Gasteiger partial charge >= 0.3 is 11.9 Å². The number of hydrogen-bond donors (Lipinski definition) is 2. The Bertz CT molecular complexity index is 947. The van der Waals surface area contributed by atoms with Gasteiger partial charge in [-0.25, -0.2) is 9.59 Å². The Hall–Kier alpha value is -3.45. The standard InChI is InChI=1S/C24H32N2O.C4H4O4/c1-25(2)23-13-11-22(12-14-23)24(27)10-6-9-20-15-17-26(18-16-20)19-21-7-4-3-5-8-21;5-3(6)1-2-4(7)8/h3-5,7-8,11-14,20H,6,9-10,15-19H2,1-2H3;1-2H,(H,5,6)(H,7,8). The molecule has 2 aromatic carbocycles. The number of Topliss-reactive ketones (excluding diaryl/α,β-unsaturated/α-hetero) is 1. The maximum atomic E-state index is 12.4. The molecule has 0 aliphatic carbocycles. The van der Waals surface area contributed by atoms with E-state index < -0.39 is 11.9 Å². The van der Waals surface area contributed by atoms with Crippen molar-refractivity contribution in [1.82, 2.24) is 4.90 Å². The number of hydrogen-bond acceptors (Lipinski definition) is 5. The van der Waals surface area contributed by atoms with Gasteiger partial charge in [-0.3, -0.25) is 9.69 Å². The maximum Gasteiger partial charge on any atom is 0.328 e. The number of aliphatic carboxylic acids is 2. The topological polar surface area (TPSA) is 98.2 Å². The number of ketones is 1. The van der Waals surface area contributed by atoms with Gasteiger partial charge in [0.1, 0.15) is 0 Å². The van der Waals surface area contributed by atoms with Crippen LogP contribution in [0.1, 0.15) is 48.0 Å². The van der Waals surface area contributed by atoms with Crippen LogP contribution in [0.25, 0.3) is 0 Å². The molecule has 1 fully saturated rings. The van der Waals surface area contributed by atoms with E-state index in [1.807, 2.05) is 38.4 Å². The van der Waals surface area contributed by atoms with E-state index in [-0.39, 0.29) is 5.78 Å². The summed E-state index contributed by atoms with van der Waals surface area (Å²) in [5, 5.41) is 15.6. The zero-order chi connectivity index (χ0) is 25.6. The molecule has 0 amide bonds. The number of carbonyl (C=O) groups is 3. The maximum absolute atomic E-state index is 12.4. The zero-order valence-corrected chi connectivity index (χ0v) is 20.6.